The van der Waals surface area contributed by atoms with Gasteiger partial charge in [-0.25, -0.2) is 4.98 Å². The van der Waals surface area contributed by atoms with Gasteiger partial charge in [-0.15, -0.1) is 0 Å². The van der Waals surface area contributed by atoms with E-state index in [1.165, 1.54) is 11.6 Å². The quantitative estimate of drug-likeness (QED) is 0.666. The molecule has 0 unspecified atom stereocenters. The number of carbonyl (C=O) groups is 1. The molecule has 0 aliphatic carbocycles. The van der Waals surface area contributed by atoms with E-state index < -0.39 is 5.24 Å². The largest absolute Gasteiger partial charge is 0.348 e. The highest BCUT2D eigenvalue weighted by Crippen LogP contribution is 2.10. The lowest BCUT2D eigenvalue weighted by Gasteiger charge is -1.99. The van der Waals surface area contributed by atoms with Gasteiger partial charge >= 0.3 is 0 Å². The minimum atomic E-state index is -0.466. The Bertz CT molecular complexity index is 515. The molecule has 0 fully saturated rings. The highest BCUT2D eigenvalue weighted by Gasteiger charge is 1.97. The fourth-order valence-corrected chi connectivity index (χ4v) is 1.57. The molecule has 1 aromatic carbocycles. The number of imidazole rings is 1. The van der Waals surface area contributed by atoms with Gasteiger partial charge in [-0.1, -0.05) is 30.3 Å². The Morgan fingerprint density at radius 1 is 1.35 bits per heavy atom. The Kier molecular flexibility index (Phi) is 3.73. The Morgan fingerprint density at radius 3 is 2.71 bits per heavy atom. The zero-order valence-electron chi connectivity index (χ0n) is 9.06. The van der Waals surface area contributed by atoms with Crippen LogP contribution in [0.3, 0.4) is 0 Å². The number of allylic oxidation sites excluding steroid dienone is 1. The molecule has 0 saturated heterocycles. The summed E-state index contributed by atoms with van der Waals surface area (Å²) in [5.74, 6) is 0. The molecule has 0 atom stereocenters. The van der Waals surface area contributed by atoms with Crippen LogP contribution < -0.4 is 0 Å². The van der Waals surface area contributed by atoms with Crippen molar-refractivity contribution in [3.8, 4) is 0 Å². The summed E-state index contributed by atoms with van der Waals surface area (Å²) in [5.41, 5.74) is 3.21. The average molecular weight is 247 g/mol. The fourth-order valence-electron chi connectivity index (χ4n) is 1.51. The SMILES string of the molecule is O=C(Cl)/C=C/c1ccc(Cc2cnc[nH]2)cc1. The molecule has 0 bridgehead atoms. The number of nitrogens with one attached hydrogen (secondary N) is 1. The molecule has 2 aromatic rings. The minimum absolute atomic E-state index is 0.466. The second kappa shape index (κ2) is 5.46. The number of halogens is 1. The van der Waals surface area contributed by atoms with Crippen LogP contribution in [0.4, 0.5) is 0 Å². The zero-order chi connectivity index (χ0) is 12.1. The van der Waals surface area contributed by atoms with E-state index in [-0.39, 0.29) is 0 Å². The molecule has 17 heavy (non-hydrogen) atoms. The number of aromatic amines is 1. The van der Waals surface area contributed by atoms with Crippen LogP contribution in [0.25, 0.3) is 6.08 Å². The average Bonchev–Trinajstić information content (AvgIpc) is 2.81. The van der Waals surface area contributed by atoms with Gasteiger partial charge < -0.3 is 4.98 Å². The number of benzene rings is 1. The first-order chi connectivity index (χ1) is 8.24. The lowest BCUT2D eigenvalue weighted by Crippen LogP contribution is -1.87. The van der Waals surface area contributed by atoms with E-state index in [2.05, 4.69) is 9.97 Å². The molecule has 0 saturated carbocycles. The maximum Gasteiger partial charge on any atom is 0.245 e. The highest BCUT2D eigenvalue weighted by molar-refractivity contribution is 6.66. The van der Waals surface area contributed by atoms with E-state index >= 15 is 0 Å². The maximum atomic E-state index is 10.6. The minimum Gasteiger partial charge on any atom is -0.348 e. The van der Waals surface area contributed by atoms with Crippen molar-refractivity contribution in [2.24, 2.45) is 0 Å². The van der Waals surface area contributed by atoms with Crippen molar-refractivity contribution < 1.29 is 4.79 Å². The summed E-state index contributed by atoms with van der Waals surface area (Å²) in [5, 5.41) is -0.466. The third-order valence-corrected chi connectivity index (χ3v) is 2.46. The second-order valence-electron chi connectivity index (χ2n) is 3.63. The molecule has 0 radical (unpaired) electrons. The third kappa shape index (κ3) is 3.57. The molecule has 3 nitrogen and oxygen atoms in total. The van der Waals surface area contributed by atoms with Gasteiger partial charge in [-0.2, -0.15) is 0 Å². The van der Waals surface area contributed by atoms with E-state index in [4.69, 9.17) is 11.6 Å². The highest BCUT2D eigenvalue weighted by atomic mass is 35.5. The van der Waals surface area contributed by atoms with Crippen molar-refractivity contribution in [2.75, 3.05) is 0 Å². The van der Waals surface area contributed by atoms with E-state index in [1.807, 2.05) is 24.3 Å². The third-order valence-electron chi connectivity index (χ3n) is 2.34. The molecule has 0 spiro atoms. The number of hydrogen-bond acceptors (Lipinski definition) is 2. The number of nitrogens with zero attached hydrogens (tertiary/aromatic N) is 1. The Balaban J connectivity index is 2.05. The Morgan fingerprint density at radius 2 is 2.12 bits per heavy atom. The van der Waals surface area contributed by atoms with Gasteiger partial charge in [0.15, 0.2) is 0 Å². The van der Waals surface area contributed by atoms with Gasteiger partial charge in [0, 0.05) is 18.3 Å². The number of hydrogen-bond donors (Lipinski definition) is 1. The first kappa shape index (κ1) is 11.6. The molecule has 1 heterocycles. The number of H-pyrrole nitrogens is 1. The van der Waals surface area contributed by atoms with Crippen LogP contribution in [0.1, 0.15) is 16.8 Å². The summed E-state index contributed by atoms with van der Waals surface area (Å²) in [6, 6.07) is 7.92. The molecular weight excluding hydrogens is 236 g/mol. The number of aromatic nitrogens is 2. The monoisotopic (exact) mass is 246 g/mol. The van der Waals surface area contributed by atoms with Crippen LogP contribution in [-0.4, -0.2) is 15.2 Å². The molecular formula is C13H11ClN2O. The molecule has 4 heteroatoms. The van der Waals surface area contributed by atoms with Crippen LogP contribution in [-0.2, 0) is 11.2 Å². The summed E-state index contributed by atoms with van der Waals surface area (Å²) < 4.78 is 0. The fraction of sp³-hybridized carbons (Fsp3) is 0.0769. The van der Waals surface area contributed by atoms with Gasteiger partial charge in [-0.3, -0.25) is 4.79 Å². The van der Waals surface area contributed by atoms with Crippen LogP contribution in [0, 0.1) is 0 Å². The molecule has 0 amide bonds. The lowest BCUT2D eigenvalue weighted by molar-refractivity contribution is -0.107. The molecule has 1 N–H and O–H groups in total. The lowest BCUT2D eigenvalue weighted by atomic mass is 10.1. The normalized spacial score (nSPS) is 10.9. The topological polar surface area (TPSA) is 45.8 Å². The standard InChI is InChI=1S/C13H11ClN2O/c14-13(17)6-5-10-1-3-11(4-2-10)7-12-8-15-9-16-12/h1-6,8-9H,7H2,(H,15,16)/b6-5+. The summed E-state index contributed by atoms with van der Waals surface area (Å²) in [6.07, 6.45) is 7.32. The first-order valence-corrected chi connectivity index (χ1v) is 5.55. The smallest absolute Gasteiger partial charge is 0.245 e. The summed E-state index contributed by atoms with van der Waals surface area (Å²) in [4.78, 5) is 17.6. The van der Waals surface area contributed by atoms with E-state index in [0.29, 0.717) is 0 Å². The van der Waals surface area contributed by atoms with E-state index in [1.54, 1.807) is 18.6 Å². The molecule has 0 aliphatic rings. The number of carbonyl (C=O) groups excluding carboxylic acids is 1. The predicted octanol–water partition coefficient (Wildman–Crippen LogP) is 2.78. The van der Waals surface area contributed by atoms with Crippen molar-refractivity contribution in [2.45, 2.75) is 6.42 Å². The molecule has 2 rings (SSSR count). The van der Waals surface area contributed by atoms with Crippen LogP contribution in [0.2, 0.25) is 0 Å². The van der Waals surface area contributed by atoms with Crippen molar-refractivity contribution in [1.29, 1.82) is 0 Å². The first-order valence-electron chi connectivity index (χ1n) is 5.18. The number of rotatable bonds is 4. The van der Waals surface area contributed by atoms with Crippen molar-refractivity contribution in [1.82, 2.24) is 9.97 Å². The van der Waals surface area contributed by atoms with Crippen LogP contribution in [0.15, 0.2) is 42.9 Å². The van der Waals surface area contributed by atoms with Crippen LogP contribution >= 0.6 is 11.6 Å². The summed E-state index contributed by atoms with van der Waals surface area (Å²) >= 11 is 5.22. The van der Waals surface area contributed by atoms with Crippen LogP contribution in [0.5, 0.6) is 0 Å². The van der Waals surface area contributed by atoms with Gasteiger partial charge in [0.05, 0.1) is 6.33 Å². The van der Waals surface area contributed by atoms with Crippen molar-refractivity contribution in [3.05, 3.63) is 59.7 Å². The molecule has 1 aromatic heterocycles. The van der Waals surface area contributed by atoms with Crippen molar-refractivity contribution in [3.63, 3.8) is 0 Å². The maximum absolute atomic E-state index is 10.6. The second-order valence-corrected chi connectivity index (χ2v) is 4.01. The molecule has 0 aliphatic heterocycles. The van der Waals surface area contributed by atoms with Gasteiger partial charge in [-0.05, 0) is 28.8 Å². The zero-order valence-corrected chi connectivity index (χ0v) is 9.82. The summed E-state index contributed by atoms with van der Waals surface area (Å²) in [6.45, 7) is 0. The van der Waals surface area contributed by atoms with Crippen molar-refractivity contribution >= 4 is 22.9 Å². The van der Waals surface area contributed by atoms with Gasteiger partial charge in [0.1, 0.15) is 0 Å². The van der Waals surface area contributed by atoms with E-state index in [9.17, 15) is 4.79 Å². The Hall–Kier alpha value is -1.87. The summed E-state index contributed by atoms with van der Waals surface area (Å²) in [7, 11) is 0. The van der Waals surface area contributed by atoms with E-state index in [0.717, 1.165) is 17.7 Å². The van der Waals surface area contributed by atoms with Gasteiger partial charge in [0.25, 0.3) is 0 Å². The van der Waals surface area contributed by atoms with Gasteiger partial charge in [0.2, 0.25) is 5.24 Å². The Labute approximate surface area is 104 Å². The predicted molar refractivity (Wildman–Crippen MR) is 67.7 cm³/mol. The molecule has 86 valence electrons.